The van der Waals surface area contributed by atoms with Crippen LogP contribution < -0.4 is 5.73 Å². The van der Waals surface area contributed by atoms with E-state index >= 15 is 0 Å². The fourth-order valence-corrected chi connectivity index (χ4v) is 2.60. The summed E-state index contributed by atoms with van der Waals surface area (Å²) in [6.45, 7) is 1.71. The summed E-state index contributed by atoms with van der Waals surface area (Å²) in [7, 11) is 0. The SMILES string of the molecule is NC1=Nc2ccccc2C=C(C(=O)N2CCCC2)C1. The summed E-state index contributed by atoms with van der Waals surface area (Å²) >= 11 is 0. The third-order valence-corrected chi connectivity index (χ3v) is 3.57. The van der Waals surface area contributed by atoms with Gasteiger partial charge in [-0.3, -0.25) is 4.79 Å². The van der Waals surface area contributed by atoms with Crippen LogP contribution in [0.2, 0.25) is 0 Å². The van der Waals surface area contributed by atoms with Crippen LogP contribution in [0, 0.1) is 0 Å². The van der Waals surface area contributed by atoms with Crippen LogP contribution in [-0.2, 0) is 4.79 Å². The number of nitrogens with two attached hydrogens (primary N) is 1. The summed E-state index contributed by atoms with van der Waals surface area (Å²) in [6, 6.07) is 7.76. The first-order valence-electron chi connectivity index (χ1n) is 6.66. The minimum absolute atomic E-state index is 0.104. The number of fused-ring (bicyclic) bond motifs is 1. The molecule has 1 saturated heterocycles. The standard InChI is InChI=1S/C15H17N3O/c16-14-10-12(15(19)18-7-3-4-8-18)9-11-5-1-2-6-13(11)17-14/h1-2,5-6,9H,3-4,7-8,10H2,(H2,16,17). The van der Waals surface area contributed by atoms with Gasteiger partial charge >= 0.3 is 0 Å². The van der Waals surface area contributed by atoms with E-state index in [2.05, 4.69) is 4.99 Å². The van der Waals surface area contributed by atoms with Crippen molar-refractivity contribution in [3.8, 4) is 0 Å². The topological polar surface area (TPSA) is 58.7 Å². The number of likely N-dealkylation sites (tertiary alicyclic amines) is 1. The number of aliphatic imine (C=N–C) groups is 1. The largest absolute Gasteiger partial charge is 0.387 e. The van der Waals surface area contributed by atoms with E-state index in [9.17, 15) is 4.79 Å². The smallest absolute Gasteiger partial charge is 0.250 e. The van der Waals surface area contributed by atoms with Gasteiger partial charge in [0, 0.05) is 30.6 Å². The molecule has 0 bridgehead atoms. The molecule has 2 aliphatic rings. The Kier molecular flexibility index (Phi) is 3.07. The van der Waals surface area contributed by atoms with Gasteiger partial charge < -0.3 is 10.6 Å². The van der Waals surface area contributed by atoms with Gasteiger partial charge in [-0.2, -0.15) is 0 Å². The average molecular weight is 255 g/mol. The van der Waals surface area contributed by atoms with Crippen molar-refractivity contribution in [1.29, 1.82) is 0 Å². The Labute approximate surface area is 112 Å². The Morgan fingerprint density at radius 2 is 1.95 bits per heavy atom. The van der Waals surface area contributed by atoms with Crippen molar-refractivity contribution >= 4 is 23.5 Å². The molecule has 2 N–H and O–H groups in total. The number of hydrogen-bond acceptors (Lipinski definition) is 3. The molecule has 0 unspecified atom stereocenters. The van der Waals surface area contributed by atoms with Crippen molar-refractivity contribution in [2.75, 3.05) is 13.1 Å². The predicted octanol–water partition coefficient (Wildman–Crippen LogP) is 2.08. The lowest BCUT2D eigenvalue weighted by Gasteiger charge is -2.16. The molecule has 4 nitrogen and oxygen atoms in total. The molecule has 98 valence electrons. The molecule has 1 aromatic rings. The van der Waals surface area contributed by atoms with E-state index in [-0.39, 0.29) is 5.91 Å². The third-order valence-electron chi connectivity index (χ3n) is 3.57. The second-order valence-electron chi connectivity index (χ2n) is 5.01. The average Bonchev–Trinajstić information content (AvgIpc) is 2.87. The number of amides is 1. The molecule has 0 aliphatic carbocycles. The van der Waals surface area contributed by atoms with Crippen LogP contribution >= 0.6 is 0 Å². The van der Waals surface area contributed by atoms with E-state index in [1.165, 1.54) is 0 Å². The van der Waals surface area contributed by atoms with Gasteiger partial charge in [-0.1, -0.05) is 18.2 Å². The van der Waals surface area contributed by atoms with Crippen molar-refractivity contribution in [3.05, 3.63) is 35.4 Å². The summed E-state index contributed by atoms with van der Waals surface area (Å²) in [5.41, 5.74) is 8.46. The Hall–Kier alpha value is -2.10. The summed E-state index contributed by atoms with van der Waals surface area (Å²) in [4.78, 5) is 18.7. The molecular formula is C15H17N3O. The highest BCUT2D eigenvalue weighted by atomic mass is 16.2. The van der Waals surface area contributed by atoms with Crippen LogP contribution in [-0.4, -0.2) is 29.7 Å². The van der Waals surface area contributed by atoms with Crippen molar-refractivity contribution in [2.24, 2.45) is 10.7 Å². The first-order chi connectivity index (χ1) is 9.24. The van der Waals surface area contributed by atoms with Crippen molar-refractivity contribution in [2.45, 2.75) is 19.3 Å². The van der Waals surface area contributed by atoms with Crippen LogP contribution in [0.15, 0.2) is 34.8 Å². The van der Waals surface area contributed by atoms with Crippen LogP contribution in [0.25, 0.3) is 6.08 Å². The molecule has 2 heterocycles. The fraction of sp³-hybridized carbons (Fsp3) is 0.333. The van der Waals surface area contributed by atoms with E-state index in [0.717, 1.165) is 42.8 Å². The number of benzene rings is 1. The zero-order valence-electron chi connectivity index (χ0n) is 10.8. The zero-order chi connectivity index (χ0) is 13.2. The molecule has 19 heavy (non-hydrogen) atoms. The summed E-state index contributed by atoms with van der Waals surface area (Å²) in [5.74, 6) is 0.608. The van der Waals surface area contributed by atoms with Crippen molar-refractivity contribution < 1.29 is 4.79 Å². The molecule has 0 saturated carbocycles. The molecule has 0 atom stereocenters. The Morgan fingerprint density at radius 3 is 2.74 bits per heavy atom. The number of para-hydroxylation sites is 1. The van der Waals surface area contributed by atoms with Crippen molar-refractivity contribution in [3.63, 3.8) is 0 Å². The number of rotatable bonds is 1. The molecular weight excluding hydrogens is 238 g/mol. The van der Waals surface area contributed by atoms with Crippen LogP contribution in [0.1, 0.15) is 24.8 Å². The summed E-state index contributed by atoms with van der Waals surface area (Å²) in [5, 5.41) is 0. The number of carbonyl (C=O) groups is 1. The quantitative estimate of drug-likeness (QED) is 0.835. The number of nitrogens with zero attached hydrogens (tertiary/aromatic N) is 2. The molecule has 0 radical (unpaired) electrons. The summed E-state index contributed by atoms with van der Waals surface area (Å²) in [6.07, 6.45) is 4.56. The highest BCUT2D eigenvalue weighted by molar-refractivity contribution is 6.05. The highest BCUT2D eigenvalue weighted by Crippen LogP contribution is 2.27. The maximum absolute atomic E-state index is 12.5. The first kappa shape index (κ1) is 12.0. The molecule has 2 aliphatic heterocycles. The minimum Gasteiger partial charge on any atom is -0.387 e. The van der Waals surface area contributed by atoms with Crippen LogP contribution in [0.5, 0.6) is 0 Å². The van der Waals surface area contributed by atoms with Gasteiger partial charge in [-0.25, -0.2) is 4.99 Å². The van der Waals surface area contributed by atoms with Crippen LogP contribution in [0.3, 0.4) is 0 Å². The Morgan fingerprint density at radius 1 is 1.21 bits per heavy atom. The Bertz CT molecular complexity index is 569. The lowest BCUT2D eigenvalue weighted by Crippen LogP contribution is -2.30. The molecule has 3 rings (SSSR count). The van der Waals surface area contributed by atoms with E-state index < -0.39 is 0 Å². The zero-order valence-corrected chi connectivity index (χ0v) is 10.8. The molecule has 0 aromatic heterocycles. The normalized spacial score (nSPS) is 18.4. The van der Waals surface area contributed by atoms with E-state index in [1.54, 1.807) is 0 Å². The van der Waals surface area contributed by atoms with E-state index in [4.69, 9.17) is 5.73 Å². The monoisotopic (exact) mass is 255 g/mol. The van der Waals surface area contributed by atoms with Gasteiger partial charge in [0.05, 0.1) is 5.69 Å². The van der Waals surface area contributed by atoms with Gasteiger partial charge in [0.25, 0.3) is 0 Å². The maximum atomic E-state index is 12.5. The fourth-order valence-electron chi connectivity index (χ4n) is 2.60. The molecule has 0 spiro atoms. The van der Waals surface area contributed by atoms with E-state index in [1.807, 2.05) is 35.2 Å². The van der Waals surface area contributed by atoms with Gasteiger partial charge in [-0.05, 0) is 25.0 Å². The lowest BCUT2D eigenvalue weighted by atomic mass is 10.1. The Balaban J connectivity index is 1.96. The van der Waals surface area contributed by atoms with Gasteiger partial charge in [-0.15, -0.1) is 0 Å². The van der Waals surface area contributed by atoms with Gasteiger partial charge in [0.2, 0.25) is 5.91 Å². The third kappa shape index (κ3) is 2.38. The first-order valence-corrected chi connectivity index (χ1v) is 6.66. The molecule has 1 amide bonds. The second kappa shape index (κ2) is 4.88. The number of amidine groups is 1. The summed E-state index contributed by atoms with van der Waals surface area (Å²) < 4.78 is 0. The number of carbonyl (C=O) groups excluding carboxylic acids is 1. The van der Waals surface area contributed by atoms with Crippen molar-refractivity contribution in [1.82, 2.24) is 4.90 Å². The highest BCUT2D eigenvalue weighted by Gasteiger charge is 2.23. The van der Waals surface area contributed by atoms with Gasteiger partial charge in [0.15, 0.2) is 0 Å². The van der Waals surface area contributed by atoms with E-state index in [0.29, 0.717) is 12.3 Å². The molecule has 4 heteroatoms. The molecule has 1 fully saturated rings. The second-order valence-corrected chi connectivity index (χ2v) is 5.01. The number of hydrogen-bond donors (Lipinski definition) is 1. The maximum Gasteiger partial charge on any atom is 0.250 e. The van der Waals surface area contributed by atoms with Crippen LogP contribution in [0.4, 0.5) is 5.69 Å². The lowest BCUT2D eigenvalue weighted by molar-refractivity contribution is -0.126. The predicted molar refractivity (Wildman–Crippen MR) is 76.1 cm³/mol. The minimum atomic E-state index is 0.104. The van der Waals surface area contributed by atoms with Gasteiger partial charge in [0.1, 0.15) is 5.84 Å². The molecule has 1 aromatic carbocycles.